The third-order valence-corrected chi connectivity index (χ3v) is 6.03. The van der Waals surface area contributed by atoms with E-state index < -0.39 is 10.8 Å². The highest BCUT2D eigenvalue weighted by molar-refractivity contribution is 7.22. The fourth-order valence-electron chi connectivity index (χ4n) is 2.61. The summed E-state index contributed by atoms with van der Waals surface area (Å²) in [7, 11) is 0. The molecule has 0 bridgehead atoms. The van der Waals surface area contributed by atoms with Crippen molar-refractivity contribution in [3.63, 3.8) is 0 Å². The zero-order valence-corrected chi connectivity index (χ0v) is 16.8. The number of thiazole rings is 1. The van der Waals surface area contributed by atoms with Crippen LogP contribution in [0.5, 0.6) is 0 Å². The van der Waals surface area contributed by atoms with Gasteiger partial charge in [0.2, 0.25) is 5.13 Å². The van der Waals surface area contributed by atoms with E-state index in [1.807, 2.05) is 55.5 Å². The highest BCUT2D eigenvalue weighted by atomic mass is 32.1. The van der Waals surface area contributed by atoms with Crippen molar-refractivity contribution in [3.8, 4) is 0 Å². The van der Waals surface area contributed by atoms with Gasteiger partial charge in [-0.05, 0) is 36.2 Å². The second-order valence-corrected chi connectivity index (χ2v) is 8.21. The summed E-state index contributed by atoms with van der Waals surface area (Å²) < 4.78 is 0.935. The predicted molar refractivity (Wildman–Crippen MR) is 116 cm³/mol. The van der Waals surface area contributed by atoms with E-state index in [-0.39, 0.29) is 9.88 Å². The minimum Gasteiger partial charge on any atom is -0.266 e. The molecule has 0 saturated carbocycles. The van der Waals surface area contributed by atoms with Gasteiger partial charge in [0.25, 0.3) is 5.91 Å². The Bertz CT molecular complexity index is 1230. The number of thiophene rings is 1. The molecule has 0 aliphatic rings. The van der Waals surface area contributed by atoms with Gasteiger partial charge in [0.05, 0.1) is 21.4 Å². The molecule has 9 heteroatoms. The highest BCUT2D eigenvalue weighted by Gasteiger charge is 2.24. The SMILES string of the molecule is Cc1ccc2nc(N(/N=C/c3ccccc3)C(=O)c3ccc([N+](=O)[O-])s3)sc2c1. The Morgan fingerprint density at radius 2 is 1.93 bits per heavy atom. The normalized spacial score (nSPS) is 11.2. The van der Waals surface area contributed by atoms with Crippen LogP contribution in [0.3, 0.4) is 0 Å². The maximum Gasteiger partial charge on any atom is 0.324 e. The lowest BCUT2D eigenvalue weighted by atomic mass is 10.2. The van der Waals surface area contributed by atoms with E-state index in [1.54, 1.807) is 6.21 Å². The molecule has 0 atom stereocenters. The number of fused-ring (bicyclic) bond motifs is 1. The molecule has 4 aromatic rings. The summed E-state index contributed by atoms with van der Waals surface area (Å²) in [6.45, 7) is 1.99. The van der Waals surface area contributed by atoms with Crippen molar-refractivity contribution >= 4 is 55.1 Å². The molecular weight excluding hydrogens is 408 g/mol. The summed E-state index contributed by atoms with van der Waals surface area (Å²) in [4.78, 5) is 28.3. The van der Waals surface area contributed by atoms with Crippen LogP contribution >= 0.6 is 22.7 Å². The second kappa shape index (κ2) is 7.90. The first kappa shape index (κ1) is 18.9. The fourth-order valence-corrected chi connectivity index (χ4v) is 4.37. The molecule has 4 rings (SSSR count). The van der Waals surface area contributed by atoms with Crippen LogP contribution in [0.15, 0.2) is 65.8 Å². The summed E-state index contributed by atoms with van der Waals surface area (Å²) in [5, 5.41) is 16.8. The Balaban J connectivity index is 1.75. The minimum absolute atomic E-state index is 0.0970. The summed E-state index contributed by atoms with van der Waals surface area (Å²) in [6, 6.07) is 18.0. The van der Waals surface area contributed by atoms with Crippen LogP contribution in [0.4, 0.5) is 10.1 Å². The molecule has 0 unspecified atom stereocenters. The maximum absolute atomic E-state index is 13.1. The Hall–Kier alpha value is -3.43. The molecule has 7 nitrogen and oxygen atoms in total. The van der Waals surface area contributed by atoms with E-state index in [9.17, 15) is 14.9 Å². The first-order valence-corrected chi connectivity index (χ1v) is 10.2. The molecule has 0 saturated heterocycles. The molecule has 0 aliphatic carbocycles. The summed E-state index contributed by atoms with van der Waals surface area (Å²) >= 11 is 2.16. The van der Waals surface area contributed by atoms with E-state index in [2.05, 4.69) is 10.1 Å². The van der Waals surface area contributed by atoms with Crippen molar-refractivity contribution in [2.45, 2.75) is 6.92 Å². The van der Waals surface area contributed by atoms with E-state index in [0.717, 1.165) is 32.7 Å². The van der Waals surface area contributed by atoms with Crippen LogP contribution in [0.25, 0.3) is 10.2 Å². The summed E-state index contributed by atoms with van der Waals surface area (Å²) in [6.07, 6.45) is 1.57. The average molecular weight is 422 g/mol. The molecule has 0 radical (unpaired) electrons. The van der Waals surface area contributed by atoms with Crippen LogP contribution in [-0.4, -0.2) is 22.0 Å². The number of nitro groups is 1. The lowest BCUT2D eigenvalue weighted by Gasteiger charge is -2.12. The van der Waals surface area contributed by atoms with Crippen molar-refractivity contribution in [3.05, 3.63) is 86.8 Å². The van der Waals surface area contributed by atoms with Gasteiger partial charge in [0.15, 0.2) is 0 Å². The Kier molecular flexibility index (Phi) is 5.15. The Morgan fingerprint density at radius 1 is 1.14 bits per heavy atom. The van der Waals surface area contributed by atoms with Crippen molar-refractivity contribution in [2.24, 2.45) is 5.10 Å². The first-order valence-electron chi connectivity index (χ1n) is 8.56. The number of hydrazone groups is 1. The largest absolute Gasteiger partial charge is 0.324 e. The van der Waals surface area contributed by atoms with Gasteiger partial charge in [-0.3, -0.25) is 14.9 Å². The Labute approximate surface area is 173 Å². The van der Waals surface area contributed by atoms with Gasteiger partial charge < -0.3 is 0 Å². The molecule has 144 valence electrons. The molecule has 0 fully saturated rings. The lowest BCUT2D eigenvalue weighted by molar-refractivity contribution is -0.380. The number of amides is 1. The molecule has 0 aliphatic heterocycles. The van der Waals surface area contributed by atoms with Crippen LogP contribution in [0, 0.1) is 17.0 Å². The van der Waals surface area contributed by atoms with Gasteiger partial charge >= 0.3 is 5.00 Å². The van der Waals surface area contributed by atoms with E-state index >= 15 is 0 Å². The number of nitrogens with zero attached hydrogens (tertiary/aromatic N) is 4. The van der Waals surface area contributed by atoms with Crippen LogP contribution in [0.2, 0.25) is 0 Å². The third kappa shape index (κ3) is 4.05. The number of aromatic nitrogens is 1. The standard InChI is InChI=1S/C20H14N4O3S2/c1-13-7-8-15-17(11-13)29-20(22-15)23(21-12-14-5-3-2-4-6-14)19(25)16-9-10-18(28-16)24(26)27/h2-12H,1H3/b21-12+. The van der Waals surface area contributed by atoms with E-state index in [1.165, 1.54) is 28.5 Å². The van der Waals surface area contributed by atoms with Crippen molar-refractivity contribution in [1.29, 1.82) is 0 Å². The first-order chi connectivity index (χ1) is 14.0. The molecule has 2 aromatic carbocycles. The number of benzene rings is 2. The van der Waals surface area contributed by atoms with E-state index in [4.69, 9.17) is 0 Å². The van der Waals surface area contributed by atoms with Gasteiger partial charge in [0, 0.05) is 6.07 Å². The topological polar surface area (TPSA) is 88.7 Å². The number of anilines is 1. The van der Waals surface area contributed by atoms with Gasteiger partial charge in [-0.1, -0.05) is 59.1 Å². The van der Waals surface area contributed by atoms with Crippen molar-refractivity contribution in [2.75, 3.05) is 5.01 Å². The maximum atomic E-state index is 13.1. The fraction of sp³-hybridized carbons (Fsp3) is 0.0500. The molecule has 0 spiro atoms. The molecule has 0 N–H and O–H groups in total. The Morgan fingerprint density at radius 3 is 2.66 bits per heavy atom. The number of rotatable bonds is 5. The van der Waals surface area contributed by atoms with Crippen LogP contribution < -0.4 is 5.01 Å². The number of carbonyl (C=O) groups is 1. The van der Waals surface area contributed by atoms with Crippen molar-refractivity contribution in [1.82, 2.24) is 4.98 Å². The van der Waals surface area contributed by atoms with Gasteiger partial charge in [-0.2, -0.15) is 10.1 Å². The van der Waals surface area contributed by atoms with Crippen LogP contribution in [0.1, 0.15) is 20.8 Å². The zero-order chi connectivity index (χ0) is 20.4. The van der Waals surface area contributed by atoms with Crippen LogP contribution in [-0.2, 0) is 0 Å². The van der Waals surface area contributed by atoms with Gasteiger partial charge in [-0.25, -0.2) is 4.98 Å². The average Bonchev–Trinajstić information content (AvgIpc) is 3.36. The molecular formula is C20H14N4O3S2. The molecule has 1 amide bonds. The highest BCUT2D eigenvalue weighted by Crippen LogP contribution is 2.32. The van der Waals surface area contributed by atoms with E-state index in [0.29, 0.717) is 5.13 Å². The smallest absolute Gasteiger partial charge is 0.266 e. The number of hydrogen-bond acceptors (Lipinski definition) is 7. The second-order valence-electron chi connectivity index (χ2n) is 6.13. The van der Waals surface area contributed by atoms with Crippen molar-refractivity contribution < 1.29 is 9.72 Å². The van der Waals surface area contributed by atoms with Gasteiger partial charge in [-0.15, -0.1) is 0 Å². The molecule has 29 heavy (non-hydrogen) atoms. The number of carbonyl (C=O) groups excluding carboxylic acids is 1. The third-order valence-electron chi connectivity index (χ3n) is 4.01. The monoisotopic (exact) mass is 422 g/mol. The number of hydrogen-bond donors (Lipinski definition) is 0. The quantitative estimate of drug-likeness (QED) is 0.249. The zero-order valence-electron chi connectivity index (χ0n) is 15.2. The molecule has 2 aromatic heterocycles. The molecule has 2 heterocycles. The van der Waals surface area contributed by atoms with Gasteiger partial charge in [0.1, 0.15) is 4.88 Å². The lowest BCUT2D eigenvalue weighted by Crippen LogP contribution is -2.24. The summed E-state index contributed by atoms with van der Waals surface area (Å²) in [5.74, 6) is -0.467. The number of aryl methyl sites for hydroxylation is 1. The predicted octanol–water partition coefficient (Wildman–Crippen LogP) is 5.26. The summed E-state index contributed by atoms with van der Waals surface area (Å²) in [5.41, 5.74) is 2.67. The minimum atomic E-state index is -0.514.